The Morgan fingerprint density at radius 1 is 1.07 bits per heavy atom. The molecule has 1 aromatic carbocycles. The topological polar surface area (TPSA) is 143 Å². The maximum atomic E-state index is 12.9. The van der Waals surface area contributed by atoms with Crippen LogP contribution in [0.25, 0.3) is 5.69 Å². The molecule has 0 radical (unpaired) electrons. The number of carbonyl (C=O) groups excluding carboxylic acids is 2. The van der Waals surface area contributed by atoms with Crippen LogP contribution in [0, 0.1) is 11.8 Å². The zero-order chi connectivity index (χ0) is 30.2. The van der Waals surface area contributed by atoms with Crippen molar-refractivity contribution in [3.63, 3.8) is 0 Å². The van der Waals surface area contributed by atoms with E-state index in [1.807, 2.05) is 12.1 Å². The van der Waals surface area contributed by atoms with Gasteiger partial charge in [-0.25, -0.2) is 9.59 Å². The summed E-state index contributed by atoms with van der Waals surface area (Å²) in [6.45, 7) is 10.5. The number of fused-ring (bicyclic) bond motifs is 1. The van der Waals surface area contributed by atoms with Crippen molar-refractivity contribution >= 4 is 17.8 Å². The number of benzene rings is 1. The third-order valence-corrected chi connectivity index (χ3v) is 9.49. The molecule has 1 aliphatic heterocycles. The third kappa shape index (κ3) is 6.23. The van der Waals surface area contributed by atoms with Crippen LogP contribution in [0.1, 0.15) is 52.5 Å². The van der Waals surface area contributed by atoms with Crippen LogP contribution in [-0.4, -0.2) is 92.6 Å². The highest BCUT2D eigenvalue weighted by Crippen LogP contribution is 2.48. The van der Waals surface area contributed by atoms with Gasteiger partial charge in [0.1, 0.15) is 5.82 Å². The van der Waals surface area contributed by atoms with Crippen LogP contribution in [0.4, 0.5) is 10.6 Å². The van der Waals surface area contributed by atoms with E-state index in [9.17, 15) is 14.4 Å². The van der Waals surface area contributed by atoms with Crippen molar-refractivity contribution in [1.29, 1.82) is 0 Å². The molecule has 42 heavy (non-hydrogen) atoms. The SMILES string of the molecule is CCN(C(C)Cc1ccc(-n2ccc(NC(=O)N3CCN(C(=O)C(C)(C)N)CC3)nc2=O)cc1)[C@@H]1CC(N)C2CCC21. The quantitative estimate of drug-likeness (QED) is 0.435. The van der Waals surface area contributed by atoms with Crippen molar-refractivity contribution in [2.75, 3.05) is 38.0 Å². The van der Waals surface area contributed by atoms with Crippen molar-refractivity contribution < 1.29 is 9.59 Å². The Kier molecular flexibility index (Phi) is 8.73. The average molecular weight is 579 g/mol. The van der Waals surface area contributed by atoms with Gasteiger partial charge < -0.3 is 21.3 Å². The molecule has 3 fully saturated rings. The molecule has 5 rings (SSSR count). The lowest BCUT2D eigenvalue weighted by Crippen LogP contribution is -2.58. The number of carbonyl (C=O) groups is 2. The van der Waals surface area contributed by atoms with Crippen LogP contribution in [0.2, 0.25) is 0 Å². The van der Waals surface area contributed by atoms with Crippen molar-refractivity contribution in [2.45, 2.75) is 77.0 Å². The van der Waals surface area contributed by atoms with E-state index in [4.69, 9.17) is 11.5 Å². The first-order valence-electron chi connectivity index (χ1n) is 15.3. The van der Waals surface area contributed by atoms with Gasteiger partial charge in [-0.3, -0.25) is 19.6 Å². The Morgan fingerprint density at radius 2 is 1.71 bits per heavy atom. The Bertz CT molecular complexity index is 1330. The minimum atomic E-state index is -0.947. The Hall–Kier alpha value is -3.28. The smallest absolute Gasteiger partial charge is 0.338 e. The van der Waals surface area contributed by atoms with Gasteiger partial charge in [0.05, 0.1) is 11.2 Å². The fraction of sp³-hybridized carbons (Fsp3) is 0.613. The number of nitrogens with two attached hydrogens (primary N) is 2. The minimum Gasteiger partial charge on any atom is -0.338 e. The Morgan fingerprint density at radius 3 is 2.26 bits per heavy atom. The predicted molar refractivity (Wildman–Crippen MR) is 163 cm³/mol. The van der Waals surface area contributed by atoms with Gasteiger partial charge in [0, 0.05) is 50.5 Å². The van der Waals surface area contributed by atoms with Crippen LogP contribution < -0.4 is 22.5 Å². The molecule has 228 valence electrons. The lowest BCUT2D eigenvalue weighted by Gasteiger charge is -2.42. The number of anilines is 1. The minimum absolute atomic E-state index is 0.140. The number of piperazine rings is 1. The van der Waals surface area contributed by atoms with E-state index in [-0.39, 0.29) is 17.8 Å². The molecule has 11 nitrogen and oxygen atoms in total. The van der Waals surface area contributed by atoms with Crippen molar-refractivity contribution in [3.05, 3.63) is 52.6 Å². The second kappa shape index (κ2) is 12.1. The first-order chi connectivity index (χ1) is 20.0. The lowest BCUT2D eigenvalue weighted by atomic mass is 9.73. The van der Waals surface area contributed by atoms with Gasteiger partial charge in [-0.2, -0.15) is 4.98 Å². The van der Waals surface area contributed by atoms with Crippen molar-refractivity contribution in [3.8, 4) is 5.69 Å². The summed E-state index contributed by atoms with van der Waals surface area (Å²) in [5, 5.41) is 2.71. The number of likely N-dealkylation sites (N-methyl/N-ethyl adjacent to an activating group) is 1. The van der Waals surface area contributed by atoms with Gasteiger partial charge in [-0.05, 0) is 88.6 Å². The number of hydrogen-bond donors (Lipinski definition) is 3. The zero-order valence-electron chi connectivity index (χ0n) is 25.3. The van der Waals surface area contributed by atoms with E-state index in [2.05, 4.69) is 41.2 Å². The standard InChI is InChI=1S/C31H46N8O3/c1-5-38(26-19-25(32)23-10-11-24(23)26)20(2)18-21-6-8-22(9-7-21)39-13-12-27(35-30(39)42)34-29(41)37-16-14-36(15-17-37)28(40)31(3,4)33/h6-9,12-13,20,23-26H,5,10-11,14-19,32-33H2,1-4H3,(H,34,35,41,42)/t20?,23?,24?,25?,26-/m1/s1. The van der Waals surface area contributed by atoms with E-state index in [1.165, 1.54) is 23.0 Å². The molecule has 2 aromatic rings. The molecule has 0 bridgehead atoms. The maximum absolute atomic E-state index is 12.9. The number of aromatic nitrogens is 2. The number of nitrogens with zero attached hydrogens (tertiary/aromatic N) is 5. The first-order valence-corrected chi connectivity index (χ1v) is 15.3. The molecule has 5 N–H and O–H groups in total. The van der Waals surface area contributed by atoms with E-state index < -0.39 is 11.2 Å². The summed E-state index contributed by atoms with van der Waals surface area (Å²) < 4.78 is 1.47. The highest BCUT2D eigenvalue weighted by molar-refractivity contribution is 5.89. The molecule has 4 unspecified atom stereocenters. The second-order valence-corrected chi connectivity index (χ2v) is 12.8. The van der Waals surface area contributed by atoms with E-state index in [1.54, 1.807) is 35.9 Å². The molecule has 2 saturated carbocycles. The summed E-state index contributed by atoms with van der Waals surface area (Å²) >= 11 is 0. The van der Waals surface area contributed by atoms with Gasteiger partial charge in [-0.15, -0.1) is 0 Å². The summed E-state index contributed by atoms with van der Waals surface area (Å²) in [5.41, 5.74) is 12.9. The monoisotopic (exact) mass is 578 g/mol. The van der Waals surface area contributed by atoms with E-state index >= 15 is 0 Å². The van der Waals surface area contributed by atoms with Crippen LogP contribution >= 0.6 is 0 Å². The van der Waals surface area contributed by atoms with E-state index in [0.717, 1.165) is 31.0 Å². The number of amides is 3. The molecule has 3 amide bonds. The molecule has 1 aromatic heterocycles. The van der Waals surface area contributed by atoms with Gasteiger partial charge >= 0.3 is 11.7 Å². The largest absolute Gasteiger partial charge is 0.354 e. The van der Waals surface area contributed by atoms with Gasteiger partial charge in [0.2, 0.25) is 5.91 Å². The van der Waals surface area contributed by atoms with Crippen LogP contribution in [0.3, 0.4) is 0 Å². The van der Waals surface area contributed by atoms with Crippen LogP contribution in [0.5, 0.6) is 0 Å². The highest BCUT2D eigenvalue weighted by atomic mass is 16.2. The number of urea groups is 1. The fourth-order valence-electron chi connectivity index (χ4n) is 7.07. The van der Waals surface area contributed by atoms with Gasteiger partial charge in [-0.1, -0.05) is 19.1 Å². The molecular formula is C31H46N8O3. The van der Waals surface area contributed by atoms with Gasteiger partial charge in [0.25, 0.3) is 0 Å². The molecule has 3 aliphatic rings. The molecule has 2 heterocycles. The Labute approximate surface area is 248 Å². The molecule has 0 spiro atoms. The van der Waals surface area contributed by atoms with Crippen LogP contribution in [-0.2, 0) is 11.2 Å². The Balaban J connectivity index is 1.16. The summed E-state index contributed by atoms with van der Waals surface area (Å²) in [7, 11) is 0. The molecule has 1 saturated heterocycles. The summed E-state index contributed by atoms with van der Waals surface area (Å²) in [5.74, 6) is 1.51. The molecule has 5 atom stereocenters. The van der Waals surface area contributed by atoms with Crippen molar-refractivity contribution in [2.24, 2.45) is 23.3 Å². The molecular weight excluding hydrogens is 532 g/mol. The molecule has 11 heteroatoms. The predicted octanol–water partition coefficient (Wildman–Crippen LogP) is 2.02. The second-order valence-electron chi connectivity index (χ2n) is 12.8. The summed E-state index contributed by atoms with van der Waals surface area (Å²) in [6, 6.07) is 10.6. The fourth-order valence-corrected chi connectivity index (χ4v) is 7.07. The number of rotatable bonds is 8. The van der Waals surface area contributed by atoms with Crippen molar-refractivity contribution in [1.82, 2.24) is 24.3 Å². The number of nitrogens with one attached hydrogen (secondary N) is 1. The average Bonchev–Trinajstić information content (AvgIpc) is 3.14. The molecule has 2 aliphatic carbocycles. The van der Waals surface area contributed by atoms with Gasteiger partial charge in [0.15, 0.2) is 0 Å². The lowest BCUT2D eigenvalue weighted by molar-refractivity contribution is -0.137. The zero-order valence-corrected chi connectivity index (χ0v) is 25.3. The normalized spacial score (nSPS) is 24.7. The summed E-state index contributed by atoms with van der Waals surface area (Å²) in [4.78, 5) is 48.0. The van der Waals surface area contributed by atoms with E-state index in [0.29, 0.717) is 50.2 Å². The maximum Gasteiger partial charge on any atom is 0.354 e. The third-order valence-electron chi connectivity index (χ3n) is 9.49. The highest BCUT2D eigenvalue weighted by Gasteiger charge is 2.49. The first kappa shape index (κ1) is 30.2. The van der Waals surface area contributed by atoms with Crippen LogP contribution in [0.15, 0.2) is 41.3 Å². The summed E-state index contributed by atoms with van der Waals surface area (Å²) in [6.07, 6.45) is 6.25. The number of hydrogen-bond acceptors (Lipinski definition) is 7.